The van der Waals surface area contributed by atoms with Gasteiger partial charge in [-0.2, -0.15) is 0 Å². The Morgan fingerprint density at radius 2 is 1.36 bits per heavy atom. The summed E-state index contributed by atoms with van der Waals surface area (Å²) in [6.45, 7) is 8.82. The minimum absolute atomic E-state index is 0.126. The topological polar surface area (TPSA) is 74.6 Å². The number of carboxylic acid groups (broad SMARTS) is 2. The zero-order valence-electron chi connectivity index (χ0n) is 18.4. The molecule has 0 radical (unpaired) electrons. The quantitative estimate of drug-likeness (QED) is 0.164. The Balaban J connectivity index is 5.43. The van der Waals surface area contributed by atoms with E-state index in [1.54, 1.807) is 21.6 Å². The first-order chi connectivity index (χ1) is 13.3. The molecule has 0 aliphatic rings. The van der Waals surface area contributed by atoms with Gasteiger partial charge in [0.2, 0.25) is 0 Å². The van der Waals surface area contributed by atoms with Crippen molar-refractivity contribution < 1.29 is 19.8 Å². The maximum absolute atomic E-state index is 11.8. The fourth-order valence-corrected chi connectivity index (χ4v) is 7.05. The van der Waals surface area contributed by atoms with Gasteiger partial charge in [0.1, 0.15) is 0 Å². The van der Waals surface area contributed by atoms with Gasteiger partial charge >= 0.3 is 11.9 Å². The van der Waals surface area contributed by atoms with Gasteiger partial charge in [0, 0.05) is 10.5 Å². The van der Waals surface area contributed by atoms with Crippen molar-refractivity contribution in [2.24, 2.45) is 11.8 Å². The van der Waals surface area contributed by atoms with Crippen molar-refractivity contribution in [1.82, 2.24) is 0 Å². The number of hydrogen-bond donors (Lipinski definition) is 2. The van der Waals surface area contributed by atoms with E-state index in [1.165, 1.54) is 12.8 Å². The number of unbranched alkanes of at least 4 members (excludes halogenated alkanes) is 2. The van der Waals surface area contributed by atoms with E-state index in [1.807, 2.05) is 0 Å². The highest BCUT2D eigenvalue weighted by Crippen LogP contribution is 2.49. The second kappa shape index (κ2) is 16.4. The molecule has 0 amide bonds. The maximum Gasteiger partial charge on any atom is 0.304 e. The average molecular weight is 435 g/mol. The summed E-state index contributed by atoms with van der Waals surface area (Å²) >= 11 is 0. The molecule has 0 bridgehead atoms. The monoisotopic (exact) mass is 434 g/mol. The number of aliphatic carboxylic acids is 2. The highest BCUT2D eigenvalue weighted by Gasteiger charge is 2.38. The molecule has 2 atom stereocenters. The Kier molecular flexibility index (Phi) is 16.2. The summed E-state index contributed by atoms with van der Waals surface area (Å²) in [5.41, 5.74) is 0. The molecule has 0 aromatic carbocycles. The summed E-state index contributed by atoms with van der Waals surface area (Å²) in [5.74, 6) is 0.0765. The summed E-state index contributed by atoms with van der Waals surface area (Å²) in [6.07, 6.45) is 11.3. The van der Waals surface area contributed by atoms with Crippen molar-refractivity contribution in [3.8, 4) is 0 Å². The van der Waals surface area contributed by atoms with Gasteiger partial charge in [-0.1, -0.05) is 101 Å². The third-order valence-electron chi connectivity index (χ3n) is 5.52. The molecule has 0 spiro atoms. The van der Waals surface area contributed by atoms with Gasteiger partial charge in [0.15, 0.2) is 0 Å². The first-order valence-electron chi connectivity index (χ1n) is 11.1. The molecule has 166 valence electrons. The number of carbonyl (C=O) groups is 2. The largest absolute Gasteiger partial charge is 0.481 e. The van der Waals surface area contributed by atoms with Crippen LogP contribution in [0.2, 0.25) is 0 Å². The summed E-state index contributed by atoms with van der Waals surface area (Å²) in [6, 6.07) is 0. The van der Waals surface area contributed by atoms with Crippen LogP contribution in [0.5, 0.6) is 0 Å². The summed E-state index contributed by atoms with van der Waals surface area (Å²) in [4.78, 5) is 22.7. The predicted octanol–water partition coefficient (Wildman–Crippen LogP) is 7.27. The van der Waals surface area contributed by atoms with Crippen LogP contribution in [0.1, 0.15) is 105 Å². The highest BCUT2D eigenvalue weighted by atomic mass is 33.1. The molecule has 0 aliphatic heterocycles. The average Bonchev–Trinajstić information content (AvgIpc) is 2.65. The van der Waals surface area contributed by atoms with E-state index < -0.39 is 11.9 Å². The van der Waals surface area contributed by atoms with Crippen molar-refractivity contribution >= 4 is 33.5 Å². The van der Waals surface area contributed by atoms with Crippen molar-refractivity contribution in [3.05, 3.63) is 0 Å². The van der Waals surface area contributed by atoms with Crippen molar-refractivity contribution in [3.63, 3.8) is 0 Å². The summed E-state index contributed by atoms with van der Waals surface area (Å²) in [7, 11) is 3.22. The second-order valence-corrected chi connectivity index (χ2v) is 10.9. The maximum atomic E-state index is 11.8. The van der Waals surface area contributed by atoms with Gasteiger partial charge in [-0.25, -0.2) is 0 Å². The van der Waals surface area contributed by atoms with Crippen molar-refractivity contribution in [2.75, 3.05) is 5.75 Å². The minimum Gasteiger partial charge on any atom is -0.481 e. The Bertz CT molecular complexity index is 411. The van der Waals surface area contributed by atoms with E-state index in [0.717, 1.165) is 51.4 Å². The lowest BCUT2D eigenvalue weighted by Crippen LogP contribution is -2.33. The third kappa shape index (κ3) is 13.0. The van der Waals surface area contributed by atoms with Crippen LogP contribution in [0.3, 0.4) is 0 Å². The third-order valence-corrected chi connectivity index (χ3v) is 8.75. The van der Waals surface area contributed by atoms with Gasteiger partial charge in [-0.3, -0.25) is 9.59 Å². The first-order valence-corrected chi connectivity index (χ1v) is 13.4. The summed E-state index contributed by atoms with van der Waals surface area (Å²) < 4.78 is -0.308. The molecule has 0 fully saturated rings. The van der Waals surface area contributed by atoms with Crippen LogP contribution >= 0.6 is 21.6 Å². The Hall–Kier alpha value is -0.360. The van der Waals surface area contributed by atoms with E-state index in [9.17, 15) is 14.7 Å². The Morgan fingerprint density at radius 3 is 1.71 bits per heavy atom. The molecule has 0 heterocycles. The molecule has 4 nitrogen and oxygen atoms in total. The molecule has 0 aliphatic carbocycles. The Morgan fingerprint density at radius 1 is 0.857 bits per heavy atom. The van der Waals surface area contributed by atoms with Gasteiger partial charge in [0.25, 0.3) is 0 Å². The lowest BCUT2D eigenvalue weighted by molar-refractivity contribution is -0.138. The van der Waals surface area contributed by atoms with Crippen LogP contribution in [0.25, 0.3) is 0 Å². The molecule has 2 N–H and O–H groups in total. The molecule has 0 aromatic rings. The van der Waals surface area contributed by atoms with Gasteiger partial charge in [-0.15, -0.1) is 0 Å². The zero-order valence-corrected chi connectivity index (χ0v) is 20.0. The van der Waals surface area contributed by atoms with E-state index in [0.29, 0.717) is 17.6 Å². The molecule has 6 heteroatoms. The second-order valence-electron chi connectivity index (χ2n) is 8.04. The molecule has 0 saturated carbocycles. The van der Waals surface area contributed by atoms with Crippen LogP contribution in [-0.4, -0.2) is 32.7 Å². The molecular formula is C22H42O4S2. The summed E-state index contributed by atoms with van der Waals surface area (Å²) in [5, 5.41) is 18.6. The van der Waals surface area contributed by atoms with E-state index >= 15 is 0 Å². The molecular weight excluding hydrogens is 392 g/mol. The Labute approximate surface area is 180 Å². The van der Waals surface area contributed by atoms with Crippen LogP contribution in [-0.2, 0) is 9.59 Å². The number of rotatable bonds is 19. The first kappa shape index (κ1) is 27.6. The van der Waals surface area contributed by atoms with Gasteiger partial charge in [-0.05, 0) is 24.7 Å². The minimum atomic E-state index is -0.791. The molecule has 0 rings (SSSR count). The van der Waals surface area contributed by atoms with E-state index in [4.69, 9.17) is 5.11 Å². The van der Waals surface area contributed by atoms with E-state index in [2.05, 4.69) is 27.7 Å². The van der Waals surface area contributed by atoms with Crippen LogP contribution in [0, 0.1) is 11.8 Å². The normalized spacial score (nSPS) is 15.7. The number of hydrogen-bond acceptors (Lipinski definition) is 4. The van der Waals surface area contributed by atoms with Gasteiger partial charge in [0.05, 0.1) is 12.8 Å². The highest BCUT2D eigenvalue weighted by molar-refractivity contribution is 8.77. The fourth-order valence-electron chi connectivity index (χ4n) is 3.84. The predicted molar refractivity (Wildman–Crippen MR) is 123 cm³/mol. The van der Waals surface area contributed by atoms with Crippen molar-refractivity contribution in [2.45, 2.75) is 109 Å². The standard InChI is InChI=1S/C22H42O4S2/c1-5-9-11-18(7-3)15-22(17-21(25)26,28-27-14-13-20(23)24)16-19(8-4)12-10-6-2/h18-19H,5-17H2,1-4H3,(H,23,24)(H,25,26). The SMILES string of the molecule is CCCCC(CC)CC(CC(=O)O)(CC(CC)CCCC)SSCCC(=O)O. The van der Waals surface area contributed by atoms with Gasteiger partial charge < -0.3 is 10.2 Å². The molecule has 0 saturated heterocycles. The zero-order chi connectivity index (χ0) is 21.4. The lowest BCUT2D eigenvalue weighted by Gasteiger charge is -2.37. The number of carboxylic acids is 2. The van der Waals surface area contributed by atoms with Crippen molar-refractivity contribution in [1.29, 1.82) is 0 Å². The smallest absolute Gasteiger partial charge is 0.304 e. The van der Waals surface area contributed by atoms with Crippen LogP contribution in [0.15, 0.2) is 0 Å². The van der Waals surface area contributed by atoms with Crippen LogP contribution in [0.4, 0.5) is 0 Å². The molecule has 2 unspecified atom stereocenters. The molecule has 0 aromatic heterocycles. The van der Waals surface area contributed by atoms with Crippen LogP contribution < -0.4 is 0 Å². The molecule has 28 heavy (non-hydrogen) atoms. The lowest BCUT2D eigenvalue weighted by atomic mass is 9.79. The fraction of sp³-hybridized carbons (Fsp3) is 0.909. The van der Waals surface area contributed by atoms with E-state index in [-0.39, 0.29) is 17.6 Å².